The van der Waals surface area contributed by atoms with Gasteiger partial charge in [0.25, 0.3) is 0 Å². The van der Waals surface area contributed by atoms with Gasteiger partial charge in [-0.1, -0.05) is 0 Å². The van der Waals surface area contributed by atoms with Crippen LogP contribution in [0.1, 0.15) is 37.0 Å². The molecule has 0 spiro atoms. The van der Waals surface area contributed by atoms with Gasteiger partial charge in [-0.25, -0.2) is 9.78 Å². The standard InChI is InChI=1S/C14H19N5O3/c1-14(2,3)22-13(21)19-6-4-18(5-7-19)12-16-10(8-15)11(9-20)17-12/h9H,4-7H2,1-3H3,(H,16,17). The quantitative estimate of drug-likeness (QED) is 0.822. The van der Waals surface area contributed by atoms with Gasteiger partial charge in [0.15, 0.2) is 6.29 Å². The summed E-state index contributed by atoms with van der Waals surface area (Å²) in [5, 5.41) is 8.92. The molecule has 0 aliphatic carbocycles. The highest BCUT2D eigenvalue weighted by Gasteiger charge is 2.27. The van der Waals surface area contributed by atoms with E-state index in [2.05, 4.69) is 9.97 Å². The summed E-state index contributed by atoms with van der Waals surface area (Å²) in [4.78, 5) is 33.3. The third-order valence-corrected chi connectivity index (χ3v) is 3.17. The first kappa shape index (κ1) is 15.8. The zero-order valence-corrected chi connectivity index (χ0v) is 12.9. The topological polar surface area (TPSA) is 102 Å². The molecule has 0 aromatic carbocycles. The molecule has 0 saturated carbocycles. The average molecular weight is 305 g/mol. The van der Waals surface area contributed by atoms with Gasteiger partial charge in [0, 0.05) is 26.2 Å². The fraction of sp³-hybridized carbons (Fsp3) is 0.571. The zero-order valence-electron chi connectivity index (χ0n) is 12.9. The number of ether oxygens (including phenoxy) is 1. The largest absolute Gasteiger partial charge is 0.444 e. The molecule has 1 amide bonds. The second-order valence-corrected chi connectivity index (χ2v) is 6.00. The van der Waals surface area contributed by atoms with Gasteiger partial charge in [0.2, 0.25) is 5.95 Å². The molecule has 0 bridgehead atoms. The molecule has 1 saturated heterocycles. The predicted octanol–water partition coefficient (Wildman–Crippen LogP) is 1.15. The number of piperazine rings is 1. The SMILES string of the molecule is CC(C)(C)OC(=O)N1CCN(c2nc(C=O)c(C#N)[nH]2)CC1. The Morgan fingerprint density at radius 2 is 2.00 bits per heavy atom. The van der Waals surface area contributed by atoms with E-state index >= 15 is 0 Å². The van der Waals surface area contributed by atoms with Gasteiger partial charge in [-0.2, -0.15) is 5.26 Å². The van der Waals surface area contributed by atoms with Crippen LogP contribution in [0.4, 0.5) is 10.7 Å². The van der Waals surface area contributed by atoms with Crippen molar-refractivity contribution in [2.75, 3.05) is 31.1 Å². The fourth-order valence-electron chi connectivity index (χ4n) is 2.12. The maximum Gasteiger partial charge on any atom is 0.410 e. The second-order valence-electron chi connectivity index (χ2n) is 6.00. The Labute approximate surface area is 128 Å². The number of nitriles is 1. The molecule has 2 rings (SSSR count). The van der Waals surface area contributed by atoms with Crippen molar-refractivity contribution in [3.05, 3.63) is 11.4 Å². The van der Waals surface area contributed by atoms with E-state index in [0.29, 0.717) is 38.4 Å². The molecular formula is C14H19N5O3. The molecule has 1 aliphatic heterocycles. The number of carbonyl (C=O) groups excluding carboxylic acids is 2. The van der Waals surface area contributed by atoms with Gasteiger partial charge in [-0.3, -0.25) is 4.79 Å². The first-order valence-corrected chi connectivity index (χ1v) is 7.02. The van der Waals surface area contributed by atoms with Gasteiger partial charge in [0.1, 0.15) is 23.1 Å². The van der Waals surface area contributed by atoms with Crippen LogP contribution in [0.2, 0.25) is 0 Å². The number of aromatic amines is 1. The Kier molecular flexibility index (Phi) is 4.35. The van der Waals surface area contributed by atoms with Gasteiger partial charge < -0.3 is 19.5 Å². The molecule has 22 heavy (non-hydrogen) atoms. The maximum absolute atomic E-state index is 12.0. The monoisotopic (exact) mass is 305 g/mol. The van der Waals surface area contributed by atoms with E-state index < -0.39 is 5.60 Å². The Balaban J connectivity index is 1.98. The summed E-state index contributed by atoms with van der Waals surface area (Å²) >= 11 is 0. The Bertz CT molecular complexity index is 603. The highest BCUT2D eigenvalue weighted by atomic mass is 16.6. The predicted molar refractivity (Wildman–Crippen MR) is 78.7 cm³/mol. The van der Waals surface area contributed by atoms with Crippen LogP contribution in [0.15, 0.2) is 0 Å². The van der Waals surface area contributed by atoms with Crippen molar-refractivity contribution in [1.29, 1.82) is 5.26 Å². The van der Waals surface area contributed by atoms with Gasteiger partial charge in [0.05, 0.1) is 0 Å². The van der Waals surface area contributed by atoms with E-state index in [0.717, 1.165) is 0 Å². The number of hydrogen-bond acceptors (Lipinski definition) is 6. The lowest BCUT2D eigenvalue weighted by Gasteiger charge is -2.35. The van der Waals surface area contributed by atoms with Crippen molar-refractivity contribution >= 4 is 18.3 Å². The van der Waals surface area contributed by atoms with Crippen molar-refractivity contribution in [2.45, 2.75) is 26.4 Å². The number of H-pyrrole nitrogens is 1. The molecule has 8 heteroatoms. The number of amides is 1. The molecule has 8 nitrogen and oxygen atoms in total. The van der Waals surface area contributed by atoms with Gasteiger partial charge in [-0.05, 0) is 20.8 Å². The normalized spacial score (nSPS) is 15.4. The van der Waals surface area contributed by atoms with Crippen molar-refractivity contribution in [3.63, 3.8) is 0 Å². The number of rotatable bonds is 2. The molecule has 1 aliphatic rings. The van der Waals surface area contributed by atoms with Crippen LogP contribution in [0, 0.1) is 11.3 Å². The first-order chi connectivity index (χ1) is 10.3. The lowest BCUT2D eigenvalue weighted by Crippen LogP contribution is -2.50. The zero-order chi connectivity index (χ0) is 16.3. The van der Waals surface area contributed by atoms with Crippen molar-refractivity contribution in [3.8, 4) is 6.07 Å². The van der Waals surface area contributed by atoms with E-state index in [1.165, 1.54) is 0 Å². The van der Waals surface area contributed by atoms with Crippen LogP contribution < -0.4 is 4.90 Å². The first-order valence-electron chi connectivity index (χ1n) is 7.02. The van der Waals surface area contributed by atoms with Crippen molar-refractivity contribution in [1.82, 2.24) is 14.9 Å². The molecule has 1 aromatic rings. The van der Waals surface area contributed by atoms with Crippen LogP contribution in [0.5, 0.6) is 0 Å². The summed E-state index contributed by atoms with van der Waals surface area (Å²) < 4.78 is 5.33. The van der Waals surface area contributed by atoms with Gasteiger partial charge in [-0.15, -0.1) is 0 Å². The number of aromatic nitrogens is 2. The molecule has 0 atom stereocenters. The van der Waals surface area contributed by atoms with E-state index in [9.17, 15) is 9.59 Å². The Morgan fingerprint density at radius 1 is 1.36 bits per heavy atom. The molecular weight excluding hydrogens is 286 g/mol. The highest BCUT2D eigenvalue weighted by Crippen LogP contribution is 2.16. The number of aldehydes is 1. The number of nitrogens with one attached hydrogen (secondary N) is 1. The summed E-state index contributed by atoms with van der Waals surface area (Å²) in [6.45, 7) is 7.57. The third kappa shape index (κ3) is 3.55. The molecule has 1 N–H and O–H groups in total. The highest BCUT2D eigenvalue weighted by molar-refractivity contribution is 5.76. The van der Waals surface area contributed by atoms with Crippen molar-refractivity contribution < 1.29 is 14.3 Å². The minimum absolute atomic E-state index is 0.104. The Hall–Kier alpha value is -2.56. The van der Waals surface area contributed by atoms with Crippen LogP contribution in [0.25, 0.3) is 0 Å². The number of imidazole rings is 1. The van der Waals surface area contributed by atoms with E-state index in [1.54, 1.807) is 4.90 Å². The smallest absolute Gasteiger partial charge is 0.410 e. The summed E-state index contributed by atoms with van der Waals surface area (Å²) in [5.74, 6) is 0.475. The van der Waals surface area contributed by atoms with Crippen LogP contribution in [-0.4, -0.2) is 59.0 Å². The fourth-order valence-corrected chi connectivity index (χ4v) is 2.12. The van der Waals surface area contributed by atoms with E-state index in [4.69, 9.17) is 10.00 Å². The second kappa shape index (κ2) is 6.05. The summed E-state index contributed by atoms with van der Waals surface area (Å²) in [6, 6.07) is 1.90. The van der Waals surface area contributed by atoms with Crippen LogP contribution in [-0.2, 0) is 4.74 Å². The lowest BCUT2D eigenvalue weighted by molar-refractivity contribution is 0.0240. The summed E-state index contributed by atoms with van der Waals surface area (Å²) in [7, 11) is 0. The van der Waals surface area contributed by atoms with E-state index in [-0.39, 0.29) is 17.5 Å². The molecule has 118 valence electrons. The van der Waals surface area contributed by atoms with Crippen LogP contribution >= 0.6 is 0 Å². The maximum atomic E-state index is 12.0. The lowest BCUT2D eigenvalue weighted by atomic mass is 10.2. The number of carbonyl (C=O) groups is 2. The van der Waals surface area contributed by atoms with Gasteiger partial charge >= 0.3 is 6.09 Å². The Morgan fingerprint density at radius 3 is 2.45 bits per heavy atom. The van der Waals surface area contributed by atoms with Crippen LogP contribution in [0.3, 0.4) is 0 Å². The van der Waals surface area contributed by atoms with E-state index in [1.807, 2.05) is 31.7 Å². The molecule has 1 fully saturated rings. The third-order valence-electron chi connectivity index (χ3n) is 3.17. The minimum Gasteiger partial charge on any atom is -0.444 e. The summed E-state index contributed by atoms with van der Waals surface area (Å²) in [6.07, 6.45) is 0.216. The molecule has 0 radical (unpaired) electrons. The minimum atomic E-state index is -0.518. The van der Waals surface area contributed by atoms with Crippen molar-refractivity contribution in [2.24, 2.45) is 0 Å². The molecule has 1 aromatic heterocycles. The number of anilines is 1. The number of nitrogens with zero attached hydrogens (tertiary/aromatic N) is 4. The average Bonchev–Trinajstić information content (AvgIpc) is 2.89. The number of hydrogen-bond donors (Lipinski definition) is 1. The molecule has 2 heterocycles. The summed E-state index contributed by atoms with van der Waals surface area (Å²) in [5.41, 5.74) is -0.262. The molecule has 0 unspecified atom stereocenters.